The van der Waals surface area contributed by atoms with Gasteiger partial charge in [-0.1, -0.05) is 161 Å². The Hall–Kier alpha value is -3.94. The second-order valence-electron chi connectivity index (χ2n) is 19.4. The van der Waals surface area contributed by atoms with E-state index < -0.39 is 11.9 Å². The van der Waals surface area contributed by atoms with Gasteiger partial charge >= 0.3 is 11.9 Å². The van der Waals surface area contributed by atoms with Gasteiger partial charge < -0.3 is 29.9 Å². The van der Waals surface area contributed by atoms with Crippen LogP contribution in [0.2, 0.25) is 0 Å². The van der Waals surface area contributed by atoms with E-state index in [9.17, 15) is 30.0 Å². The Labute approximate surface area is 422 Å². The van der Waals surface area contributed by atoms with E-state index in [0.29, 0.717) is 43.8 Å². The number of aliphatic hydroxyl groups excluding tert-OH is 3. The molecular weight excluding hydrogens is 861 g/mol. The number of carboxylic acids is 1. The molecule has 0 heterocycles. The van der Waals surface area contributed by atoms with Gasteiger partial charge in [-0.2, -0.15) is 0 Å². The maximum Gasteiger partial charge on any atom is 0.306 e. The molecular formula is C61H102O8. The Morgan fingerprint density at radius 2 is 1.22 bits per heavy atom. The quantitative estimate of drug-likeness (QED) is 0.0156. The zero-order valence-electron chi connectivity index (χ0n) is 44.8. The van der Waals surface area contributed by atoms with Crippen LogP contribution in [0.25, 0.3) is 0 Å². The molecule has 0 aromatic rings. The lowest BCUT2D eigenvalue weighted by Crippen LogP contribution is -2.19. The van der Waals surface area contributed by atoms with Crippen molar-refractivity contribution in [3.05, 3.63) is 95.4 Å². The summed E-state index contributed by atoms with van der Waals surface area (Å²) in [6.45, 7) is 13.1. The molecule has 8 heteroatoms. The maximum absolute atomic E-state index is 12.7. The molecule has 0 aliphatic heterocycles. The molecule has 0 aromatic carbocycles. The fourth-order valence-electron chi connectivity index (χ4n) is 9.02. The minimum absolute atomic E-state index is 0.00868. The van der Waals surface area contributed by atoms with Crippen molar-refractivity contribution in [2.75, 3.05) is 6.61 Å². The Balaban J connectivity index is 2.31. The molecule has 5 atom stereocenters. The van der Waals surface area contributed by atoms with E-state index in [0.717, 1.165) is 127 Å². The smallest absolute Gasteiger partial charge is 0.306 e. The third-order valence-electron chi connectivity index (χ3n) is 13.3. The highest BCUT2D eigenvalue weighted by molar-refractivity contribution is 5.69. The van der Waals surface area contributed by atoms with Crippen LogP contribution in [0.1, 0.15) is 241 Å². The van der Waals surface area contributed by atoms with Crippen LogP contribution in [0.4, 0.5) is 0 Å². The number of allylic oxidation sites excluding steroid dienone is 16. The van der Waals surface area contributed by atoms with Crippen LogP contribution in [0.3, 0.4) is 0 Å². The first kappa shape index (κ1) is 63.1. The van der Waals surface area contributed by atoms with Gasteiger partial charge in [-0.3, -0.25) is 9.59 Å². The second-order valence-corrected chi connectivity index (χ2v) is 19.4. The fourth-order valence-corrected chi connectivity index (χ4v) is 9.02. The van der Waals surface area contributed by atoms with Gasteiger partial charge in [0.25, 0.3) is 0 Å². The van der Waals surface area contributed by atoms with Gasteiger partial charge in [-0.05, 0) is 132 Å². The Morgan fingerprint density at radius 3 is 1.86 bits per heavy atom. The summed E-state index contributed by atoms with van der Waals surface area (Å²) in [5.74, 6) is 0.869. The number of rotatable bonds is 45. The Kier molecular flexibility index (Phi) is 39.2. The number of hydrogen-bond acceptors (Lipinski definition) is 7. The van der Waals surface area contributed by atoms with Crippen molar-refractivity contribution in [2.24, 2.45) is 23.7 Å². The third kappa shape index (κ3) is 33.3. The maximum atomic E-state index is 12.7. The summed E-state index contributed by atoms with van der Waals surface area (Å²) in [7, 11) is 0. The van der Waals surface area contributed by atoms with Crippen molar-refractivity contribution < 1.29 is 39.5 Å². The molecule has 0 spiro atoms. The number of esters is 1. The van der Waals surface area contributed by atoms with E-state index in [2.05, 4.69) is 82.4 Å². The van der Waals surface area contributed by atoms with Gasteiger partial charge in [0.2, 0.25) is 0 Å². The molecule has 0 bridgehead atoms. The molecule has 8 nitrogen and oxygen atoms in total. The highest BCUT2D eigenvalue weighted by Gasteiger charge is 2.29. The normalized spacial score (nSPS) is 15.9. The molecule has 1 saturated carbocycles. The molecule has 1 aliphatic rings. The summed E-state index contributed by atoms with van der Waals surface area (Å²) in [4.78, 5) is 24.4. The third-order valence-corrected chi connectivity index (χ3v) is 13.3. The van der Waals surface area contributed by atoms with Crippen molar-refractivity contribution in [1.29, 1.82) is 0 Å². The van der Waals surface area contributed by atoms with Crippen molar-refractivity contribution in [1.82, 2.24) is 0 Å². The molecule has 1 aliphatic carbocycles. The predicted octanol–water partition coefficient (Wildman–Crippen LogP) is 18.5. The van der Waals surface area contributed by atoms with Crippen molar-refractivity contribution >= 4 is 11.9 Å². The summed E-state index contributed by atoms with van der Waals surface area (Å²) >= 11 is 0. The van der Waals surface area contributed by atoms with Gasteiger partial charge in [-0.15, -0.1) is 0 Å². The molecule has 1 fully saturated rings. The number of unbranched alkanes of at least 4 members (excludes halogenated alkanes) is 14. The highest BCUT2D eigenvalue weighted by Crippen LogP contribution is 2.39. The van der Waals surface area contributed by atoms with Crippen molar-refractivity contribution in [3.8, 4) is 0 Å². The molecule has 69 heavy (non-hydrogen) atoms. The summed E-state index contributed by atoms with van der Waals surface area (Å²) in [6.07, 6.45) is 52.2. The first-order valence-electron chi connectivity index (χ1n) is 28.1. The lowest BCUT2D eigenvalue weighted by molar-refractivity contribution is -0.150. The van der Waals surface area contributed by atoms with Crippen LogP contribution in [-0.2, 0) is 19.1 Å². The van der Waals surface area contributed by atoms with E-state index in [1.165, 1.54) is 51.4 Å². The SMILES string of the molecule is CC/C=C(/CCCCCCC/C=C\C/C=C\C=C\C(CC)C(C/C(O)=C\CC)C(O)=C1CC1)OCCC(CC)OC(=O)CCCCCC/C=C/C(CCCCCCCC)C(CC(=O)O)/C(O)=C/CC. The summed E-state index contributed by atoms with van der Waals surface area (Å²) in [5.41, 5.74) is 1.15. The van der Waals surface area contributed by atoms with Gasteiger partial charge in [0.15, 0.2) is 0 Å². The minimum atomic E-state index is -0.876. The Bertz CT molecular complexity index is 1570. The average Bonchev–Trinajstić information content (AvgIpc) is 4.18. The summed E-state index contributed by atoms with van der Waals surface area (Å²) in [6, 6.07) is 0. The van der Waals surface area contributed by atoms with Gasteiger partial charge in [0, 0.05) is 37.5 Å². The zero-order chi connectivity index (χ0) is 50.7. The van der Waals surface area contributed by atoms with Gasteiger partial charge in [0.1, 0.15) is 6.10 Å². The number of aliphatic carboxylic acids is 1. The average molecular weight is 963 g/mol. The largest absolute Gasteiger partial charge is 0.513 e. The zero-order valence-corrected chi connectivity index (χ0v) is 44.8. The first-order valence-corrected chi connectivity index (χ1v) is 28.1. The number of carboxylic acid groups (broad SMARTS) is 1. The number of ether oxygens (including phenoxy) is 2. The lowest BCUT2D eigenvalue weighted by atomic mass is 9.83. The minimum Gasteiger partial charge on any atom is -0.513 e. The monoisotopic (exact) mass is 963 g/mol. The standard InChI is InChI=1S/C61H102O8/c1-7-13-14-15-26-32-40-51(56(49-59(64)65)58(63)38-10-4)41-33-28-24-25-30-35-43-60(66)69-54(12-6)46-47-68-55(37-9-3)42-34-29-23-21-19-17-16-18-20-22-27-31-39-50(11-5)57(48-53(62)36-8-2)61(67)52-44-45-52/h16,18,22,27,31,33,36-39,41,50-51,54,56-57,62-63,67H,7-15,17,19-21,23-26,28-30,32,34-35,40,42-49H2,1-6H3,(H,64,65)/b18-16-,27-22-,39-31+,41-33+,53-36+,55-37-,58-38-. The van der Waals surface area contributed by atoms with Crippen LogP contribution in [0.15, 0.2) is 95.4 Å². The topological polar surface area (TPSA) is 134 Å². The lowest BCUT2D eigenvalue weighted by Gasteiger charge is -2.23. The van der Waals surface area contributed by atoms with Crippen LogP contribution in [0.5, 0.6) is 0 Å². The van der Waals surface area contributed by atoms with Crippen LogP contribution < -0.4 is 0 Å². The number of carbonyl (C=O) groups excluding carboxylic acids is 1. The van der Waals surface area contributed by atoms with Crippen LogP contribution in [-0.4, -0.2) is 45.1 Å². The van der Waals surface area contributed by atoms with E-state index in [-0.39, 0.29) is 42.0 Å². The summed E-state index contributed by atoms with van der Waals surface area (Å²) in [5, 5.41) is 41.5. The van der Waals surface area contributed by atoms with E-state index >= 15 is 0 Å². The van der Waals surface area contributed by atoms with Crippen molar-refractivity contribution in [2.45, 2.75) is 247 Å². The second kappa shape index (κ2) is 42.9. The number of carbonyl (C=O) groups is 2. The number of hydrogen-bond donors (Lipinski definition) is 4. The van der Waals surface area contributed by atoms with Crippen LogP contribution >= 0.6 is 0 Å². The molecule has 1 rings (SSSR count). The molecule has 5 unspecified atom stereocenters. The van der Waals surface area contributed by atoms with E-state index in [1.54, 1.807) is 6.08 Å². The van der Waals surface area contributed by atoms with Crippen LogP contribution in [0, 0.1) is 23.7 Å². The van der Waals surface area contributed by atoms with Crippen molar-refractivity contribution in [3.63, 3.8) is 0 Å². The molecule has 0 saturated heterocycles. The van der Waals surface area contributed by atoms with Gasteiger partial charge in [0.05, 0.1) is 36.1 Å². The number of aliphatic hydroxyl groups is 3. The first-order chi connectivity index (χ1) is 33.5. The van der Waals surface area contributed by atoms with E-state index in [1.807, 2.05) is 19.9 Å². The molecule has 394 valence electrons. The molecule has 4 N–H and O–H groups in total. The highest BCUT2D eigenvalue weighted by atomic mass is 16.5. The van der Waals surface area contributed by atoms with Gasteiger partial charge in [-0.25, -0.2) is 0 Å². The molecule has 0 radical (unpaired) electrons. The Morgan fingerprint density at radius 1 is 0.580 bits per heavy atom. The van der Waals surface area contributed by atoms with E-state index in [4.69, 9.17) is 9.47 Å². The molecule has 0 aromatic heterocycles. The fraction of sp³-hybridized carbons (Fsp3) is 0.705. The molecule has 0 amide bonds. The summed E-state index contributed by atoms with van der Waals surface area (Å²) < 4.78 is 12.0. The predicted molar refractivity (Wildman–Crippen MR) is 290 cm³/mol.